The maximum Gasteiger partial charge on any atom is 0.308 e. The number of carbonyl (C=O) groups excluding carboxylic acids is 1. The fourth-order valence-electron chi connectivity index (χ4n) is 1.33. The number of hydrogen-bond donors (Lipinski definition) is 0. The summed E-state index contributed by atoms with van der Waals surface area (Å²) in [5.41, 5.74) is 1.09. The molecular weight excluding hydrogens is 152 g/mol. The lowest BCUT2D eigenvalue weighted by Gasteiger charge is -2.13. The predicted molar refractivity (Wildman–Crippen MR) is 47.5 cm³/mol. The van der Waals surface area contributed by atoms with E-state index in [2.05, 4.69) is 12.7 Å². The summed E-state index contributed by atoms with van der Waals surface area (Å²) in [6, 6.07) is 0. The van der Waals surface area contributed by atoms with E-state index in [0.717, 1.165) is 18.4 Å². The van der Waals surface area contributed by atoms with Gasteiger partial charge in [0, 0.05) is 6.92 Å². The van der Waals surface area contributed by atoms with Crippen molar-refractivity contribution in [2.75, 3.05) is 0 Å². The molecule has 66 valence electrons. The first kappa shape index (κ1) is 9.04. The molecule has 0 aromatic rings. The minimum atomic E-state index is -0.286. The first-order valence-electron chi connectivity index (χ1n) is 4.27. The van der Waals surface area contributed by atoms with Crippen molar-refractivity contribution in [3.05, 3.63) is 24.0 Å². The Morgan fingerprint density at radius 3 is 2.83 bits per heavy atom. The standard InChI is InChI=1S/C10H14O2/c1-8(12-9(2)11)10-6-4-3-5-7-10/h6H,1,3-5,7H2,2H3. The summed E-state index contributed by atoms with van der Waals surface area (Å²) in [4.78, 5) is 10.6. The third-order valence-electron chi connectivity index (χ3n) is 1.92. The van der Waals surface area contributed by atoms with Crippen LogP contribution in [-0.4, -0.2) is 5.97 Å². The Balaban J connectivity index is 2.51. The fraction of sp³-hybridized carbons (Fsp3) is 0.500. The Bertz CT molecular complexity index is 226. The summed E-state index contributed by atoms with van der Waals surface area (Å²) in [5, 5.41) is 0. The van der Waals surface area contributed by atoms with Crippen molar-refractivity contribution in [2.45, 2.75) is 32.6 Å². The van der Waals surface area contributed by atoms with Gasteiger partial charge in [-0.15, -0.1) is 0 Å². The summed E-state index contributed by atoms with van der Waals surface area (Å²) in [6.07, 6.45) is 6.58. The normalized spacial score (nSPS) is 16.6. The molecule has 12 heavy (non-hydrogen) atoms. The molecule has 0 N–H and O–H groups in total. The average molecular weight is 166 g/mol. The summed E-state index contributed by atoms with van der Waals surface area (Å²) < 4.78 is 4.89. The number of ether oxygens (including phenoxy) is 1. The second kappa shape index (κ2) is 4.10. The van der Waals surface area contributed by atoms with Crippen LogP contribution >= 0.6 is 0 Å². The van der Waals surface area contributed by atoms with Crippen LogP contribution < -0.4 is 0 Å². The lowest BCUT2D eigenvalue weighted by molar-refractivity contribution is -0.136. The minimum absolute atomic E-state index is 0.286. The third-order valence-corrected chi connectivity index (χ3v) is 1.92. The van der Waals surface area contributed by atoms with E-state index in [1.54, 1.807) is 0 Å². The summed E-state index contributed by atoms with van der Waals surface area (Å²) in [6.45, 7) is 5.10. The van der Waals surface area contributed by atoms with Crippen LogP contribution in [-0.2, 0) is 9.53 Å². The Hall–Kier alpha value is -1.05. The van der Waals surface area contributed by atoms with E-state index in [-0.39, 0.29) is 5.97 Å². The average Bonchev–Trinajstić information content (AvgIpc) is 2.05. The third kappa shape index (κ3) is 2.53. The first-order valence-corrected chi connectivity index (χ1v) is 4.27. The fourth-order valence-corrected chi connectivity index (χ4v) is 1.33. The maximum atomic E-state index is 10.6. The van der Waals surface area contributed by atoms with E-state index in [1.165, 1.54) is 19.8 Å². The molecule has 0 saturated carbocycles. The zero-order chi connectivity index (χ0) is 8.97. The molecule has 0 amide bonds. The Morgan fingerprint density at radius 1 is 1.58 bits per heavy atom. The number of carbonyl (C=O) groups is 1. The van der Waals surface area contributed by atoms with E-state index in [9.17, 15) is 4.79 Å². The number of esters is 1. The quantitative estimate of drug-likeness (QED) is 0.465. The molecule has 0 unspecified atom stereocenters. The second-order valence-electron chi connectivity index (χ2n) is 2.99. The Kier molecular flexibility index (Phi) is 3.09. The van der Waals surface area contributed by atoms with Gasteiger partial charge < -0.3 is 4.74 Å². The van der Waals surface area contributed by atoms with Crippen LogP contribution in [0.1, 0.15) is 32.6 Å². The zero-order valence-corrected chi connectivity index (χ0v) is 7.43. The smallest absolute Gasteiger partial charge is 0.308 e. The van der Waals surface area contributed by atoms with Crippen molar-refractivity contribution in [3.63, 3.8) is 0 Å². The number of hydrogen-bond acceptors (Lipinski definition) is 2. The van der Waals surface area contributed by atoms with E-state index in [0.29, 0.717) is 5.76 Å². The minimum Gasteiger partial charge on any atom is -0.427 e. The van der Waals surface area contributed by atoms with Gasteiger partial charge in [0.1, 0.15) is 5.76 Å². The maximum absolute atomic E-state index is 10.6. The molecule has 0 saturated heterocycles. The largest absolute Gasteiger partial charge is 0.427 e. The van der Waals surface area contributed by atoms with Gasteiger partial charge >= 0.3 is 5.97 Å². The van der Waals surface area contributed by atoms with Crippen molar-refractivity contribution in [3.8, 4) is 0 Å². The molecule has 0 aliphatic heterocycles. The second-order valence-corrected chi connectivity index (χ2v) is 2.99. The van der Waals surface area contributed by atoms with Crippen molar-refractivity contribution < 1.29 is 9.53 Å². The highest BCUT2D eigenvalue weighted by molar-refractivity contribution is 5.68. The molecule has 0 atom stereocenters. The van der Waals surface area contributed by atoms with Gasteiger partial charge in [-0.3, -0.25) is 4.79 Å². The highest BCUT2D eigenvalue weighted by atomic mass is 16.5. The molecule has 0 aromatic carbocycles. The monoisotopic (exact) mass is 166 g/mol. The molecule has 0 heterocycles. The van der Waals surface area contributed by atoms with Crippen LogP contribution in [0.2, 0.25) is 0 Å². The summed E-state index contributed by atoms with van der Waals surface area (Å²) in [5.74, 6) is 0.244. The molecular formula is C10H14O2. The molecule has 0 bridgehead atoms. The summed E-state index contributed by atoms with van der Waals surface area (Å²) in [7, 11) is 0. The highest BCUT2D eigenvalue weighted by Crippen LogP contribution is 2.23. The van der Waals surface area contributed by atoms with Crippen LogP contribution in [0.4, 0.5) is 0 Å². The molecule has 2 nitrogen and oxygen atoms in total. The van der Waals surface area contributed by atoms with E-state index in [4.69, 9.17) is 4.74 Å². The van der Waals surface area contributed by atoms with Gasteiger partial charge in [0.25, 0.3) is 0 Å². The van der Waals surface area contributed by atoms with E-state index >= 15 is 0 Å². The number of rotatable bonds is 2. The van der Waals surface area contributed by atoms with Crippen molar-refractivity contribution in [2.24, 2.45) is 0 Å². The van der Waals surface area contributed by atoms with Crippen LogP contribution in [0, 0.1) is 0 Å². The van der Waals surface area contributed by atoms with Crippen molar-refractivity contribution in [1.29, 1.82) is 0 Å². The van der Waals surface area contributed by atoms with Gasteiger partial charge in [-0.2, -0.15) is 0 Å². The highest BCUT2D eigenvalue weighted by Gasteiger charge is 2.09. The van der Waals surface area contributed by atoms with Gasteiger partial charge in [-0.1, -0.05) is 12.7 Å². The van der Waals surface area contributed by atoms with Gasteiger partial charge in [-0.25, -0.2) is 0 Å². The van der Waals surface area contributed by atoms with E-state index < -0.39 is 0 Å². The van der Waals surface area contributed by atoms with Crippen LogP contribution in [0.25, 0.3) is 0 Å². The lowest BCUT2D eigenvalue weighted by Crippen LogP contribution is -2.02. The Morgan fingerprint density at radius 2 is 2.33 bits per heavy atom. The molecule has 1 aliphatic carbocycles. The predicted octanol–water partition coefficient (Wildman–Crippen LogP) is 2.56. The zero-order valence-electron chi connectivity index (χ0n) is 7.43. The molecule has 0 fully saturated rings. The molecule has 0 aromatic heterocycles. The number of allylic oxidation sites excluding steroid dienone is 2. The first-order chi connectivity index (χ1) is 5.70. The van der Waals surface area contributed by atoms with Crippen molar-refractivity contribution >= 4 is 5.97 Å². The van der Waals surface area contributed by atoms with Crippen LogP contribution in [0.5, 0.6) is 0 Å². The van der Waals surface area contributed by atoms with Gasteiger partial charge in [0.2, 0.25) is 0 Å². The molecule has 1 aliphatic rings. The summed E-state index contributed by atoms with van der Waals surface area (Å²) >= 11 is 0. The van der Waals surface area contributed by atoms with Crippen LogP contribution in [0.15, 0.2) is 24.0 Å². The topological polar surface area (TPSA) is 26.3 Å². The van der Waals surface area contributed by atoms with E-state index in [1.807, 2.05) is 0 Å². The lowest BCUT2D eigenvalue weighted by atomic mass is 9.99. The molecule has 0 spiro atoms. The Labute approximate surface area is 72.9 Å². The molecule has 2 heteroatoms. The van der Waals surface area contributed by atoms with Gasteiger partial charge in [-0.05, 0) is 31.3 Å². The molecule has 1 rings (SSSR count). The SMILES string of the molecule is C=C(OC(C)=O)C1=CCCCC1. The molecule has 0 radical (unpaired) electrons. The van der Waals surface area contributed by atoms with Crippen LogP contribution in [0.3, 0.4) is 0 Å². The van der Waals surface area contributed by atoms with Gasteiger partial charge in [0.05, 0.1) is 0 Å². The van der Waals surface area contributed by atoms with Crippen molar-refractivity contribution in [1.82, 2.24) is 0 Å². The van der Waals surface area contributed by atoms with Gasteiger partial charge in [0.15, 0.2) is 0 Å².